The van der Waals surface area contributed by atoms with E-state index in [1.807, 2.05) is 0 Å². The number of rotatable bonds is 5. The van der Waals surface area contributed by atoms with Crippen LogP contribution in [0.2, 0.25) is 0 Å². The SMILES string of the molecule is C1=c2c(n(-c3ccccc3)c3cccc(N(c4ccccc4)c4ccc(-c5ccc6c(ccc7ccc8ccccc8c76)c5)cc4)c23)=CCC1. The van der Waals surface area contributed by atoms with E-state index in [9.17, 15) is 0 Å². The van der Waals surface area contributed by atoms with Crippen molar-refractivity contribution in [1.29, 1.82) is 0 Å². The zero-order valence-corrected chi connectivity index (χ0v) is 27.6. The molecule has 10 rings (SSSR count). The highest BCUT2D eigenvalue weighted by atomic mass is 15.1. The summed E-state index contributed by atoms with van der Waals surface area (Å²) in [6.07, 6.45) is 6.94. The maximum Gasteiger partial charge on any atom is 0.0561 e. The van der Waals surface area contributed by atoms with Gasteiger partial charge in [-0.3, -0.25) is 0 Å². The Bertz CT molecular complexity index is 2850. The van der Waals surface area contributed by atoms with E-state index in [1.54, 1.807) is 0 Å². The number of benzene rings is 8. The Morgan fingerprint density at radius 2 is 1.10 bits per heavy atom. The van der Waals surface area contributed by atoms with Gasteiger partial charge in [0.1, 0.15) is 0 Å². The molecule has 0 bridgehead atoms. The molecule has 1 aliphatic rings. The lowest BCUT2D eigenvalue weighted by Gasteiger charge is -2.26. The number of anilines is 3. The van der Waals surface area contributed by atoms with Gasteiger partial charge in [-0.05, 0) is 111 Å². The van der Waals surface area contributed by atoms with Gasteiger partial charge in [0.05, 0.1) is 11.2 Å². The predicted octanol–water partition coefficient (Wildman–Crippen LogP) is 11.6. The average molecular weight is 639 g/mol. The van der Waals surface area contributed by atoms with E-state index in [2.05, 4.69) is 191 Å². The Hall–Kier alpha value is -6.38. The molecular formula is C48H34N2. The predicted molar refractivity (Wildman–Crippen MR) is 213 cm³/mol. The maximum absolute atomic E-state index is 2.43. The Labute approximate surface area is 291 Å². The van der Waals surface area contributed by atoms with Gasteiger partial charge in [0.2, 0.25) is 0 Å². The molecule has 0 atom stereocenters. The first kappa shape index (κ1) is 28.6. The minimum absolute atomic E-state index is 1.05. The Morgan fingerprint density at radius 3 is 1.94 bits per heavy atom. The number of nitrogens with zero attached hydrogens (tertiary/aromatic N) is 2. The first-order valence-electron chi connectivity index (χ1n) is 17.5. The topological polar surface area (TPSA) is 8.17 Å². The fourth-order valence-electron chi connectivity index (χ4n) is 8.09. The molecule has 2 nitrogen and oxygen atoms in total. The van der Waals surface area contributed by atoms with Crippen LogP contribution in [-0.4, -0.2) is 4.57 Å². The molecule has 0 saturated heterocycles. The van der Waals surface area contributed by atoms with E-state index in [4.69, 9.17) is 0 Å². The lowest BCUT2D eigenvalue weighted by molar-refractivity contribution is 1.02. The molecule has 1 aliphatic carbocycles. The summed E-state index contributed by atoms with van der Waals surface area (Å²) >= 11 is 0. The van der Waals surface area contributed by atoms with Crippen LogP contribution in [0.15, 0.2) is 170 Å². The van der Waals surface area contributed by atoms with Crippen molar-refractivity contribution in [1.82, 2.24) is 4.57 Å². The van der Waals surface area contributed by atoms with Gasteiger partial charge >= 0.3 is 0 Å². The molecule has 8 aromatic carbocycles. The van der Waals surface area contributed by atoms with E-state index in [-0.39, 0.29) is 0 Å². The molecule has 0 amide bonds. The van der Waals surface area contributed by atoms with Gasteiger partial charge in [-0.1, -0.05) is 127 Å². The van der Waals surface area contributed by atoms with Crippen LogP contribution in [0.5, 0.6) is 0 Å². The first-order valence-corrected chi connectivity index (χ1v) is 17.5. The van der Waals surface area contributed by atoms with Crippen molar-refractivity contribution in [2.75, 3.05) is 4.90 Å². The van der Waals surface area contributed by atoms with Gasteiger partial charge in [-0.2, -0.15) is 0 Å². The molecule has 0 saturated carbocycles. The van der Waals surface area contributed by atoms with Gasteiger partial charge in [-0.15, -0.1) is 0 Å². The second-order valence-corrected chi connectivity index (χ2v) is 13.2. The maximum atomic E-state index is 2.43. The first-order chi connectivity index (χ1) is 24.8. The molecule has 0 spiro atoms. The van der Waals surface area contributed by atoms with Crippen LogP contribution in [0.25, 0.3) is 72.2 Å². The van der Waals surface area contributed by atoms with Crippen LogP contribution in [0.4, 0.5) is 17.1 Å². The van der Waals surface area contributed by atoms with E-state index in [0.717, 1.165) is 24.2 Å². The van der Waals surface area contributed by atoms with Crippen LogP contribution in [0.3, 0.4) is 0 Å². The van der Waals surface area contributed by atoms with E-state index in [0.29, 0.717) is 0 Å². The summed E-state index contributed by atoms with van der Waals surface area (Å²) in [5.41, 5.74) is 8.29. The Balaban J connectivity index is 1.12. The molecule has 0 fully saturated rings. The molecule has 50 heavy (non-hydrogen) atoms. The standard InChI is InChI=1S/C48H34N2/c1-3-13-38(14-4-1)49(45-20-11-21-46-48(45)43-18-9-10-19-44(43)50(46)39-15-5-2-6-16-39)40-29-26-33(27-30-40)36-28-31-42-37(32-36)25-24-35-23-22-34-12-7-8-17-41(34)47(35)42/h1-8,11-32H,9-10H2. The van der Waals surface area contributed by atoms with Crippen LogP contribution < -0.4 is 15.5 Å². The van der Waals surface area contributed by atoms with Crippen LogP contribution in [0.1, 0.15) is 12.8 Å². The molecule has 0 aliphatic heterocycles. The van der Waals surface area contributed by atoms with Gasteiger partial charge in [0, 0.05) is 33.0 Å². The van der Waals surface area contributed by atoms with Crippen LogP contribution in [0, 0.1) is 0 Å². The lowest BCUT2D eigenvalue weighted by Crippen LogP contribution is -2.30. The molecule has 236 valence electrons. The monoisotopic (exact) mass is 638 g/mol. The lowest BCUT2D eigenvalue weighted by atomic mass is 9.94. The third-order valence-corrected chi connectivity index (χ3v) is 10.4. The summed E-state index contributed by atoms with van der Waals surface area (Å²) in [6.45, 7) is 0. The van der Waals surface area contributed by atoms with Crippen molar-refractivity contribution in [3.8, 4) is 16.8 Å². The van der Waals surface area contributed by atoms with Gasteiger partial charge < -0.3 is 9.47 Å². The number of fused-ring (bicyclic) bond motifs is 8. The largest absolute Gasteiger partial charge is 0.310 e. The molecule has 0 radical (unpaired) electrons. The number of hydrogen-bond donors (Lipinski definition) is 0. The second kappa shape index (κ2) is 11.6. The van der Waals surface area contributed by atoms with Crippen molar-refractivity contribution in [3.05, 3.63) is 180 Å². The summed E-state index contributed by atoms with van der Waals surface area (Å²) in [5, 5.41) is 11.6. The zero-order chi connectivity index (χ0) is 33.0. The molecule has 1 heterocycles. The molecule has 0 N–H and O–H groups in total. The highest BCUT2D eigenvalue weighted by Crippen LogP contribution is 2.40. The summed E-state index contributed by atoms with van der Waals surface area (Å²) in [7, 11) is 0. The van der Waals surface area contributed by atoms with Crippen molar-refractivity contribution in [2.45, 2.75) is 12.8 Å². The summed E-state index contributed by atoms with van der Waals surface area (Å²) in [4.78, 5) is 2.42. The third kappa shape index (κ3) is 4.57. The third-order valence-electron chi connectivity index (χ3n) is 10.4. The van der Waals surface area contributed by atoms with Crippen molar-refractivity contribution < 1.29 is 0 Å². The fourth-order valence-corrected chi connectivity index (χ4v) is 8.09. The Morgan fingerprint density at radius 1 is 0.440 bits per heavy atom. The fraction of sp³-hybridized carbons (Fsp3) is 0.0417. The molecule has 1 aromatic heterocycles. The smallest absolute Gasteiger partial charge is 0.0561 e. The zero-order valence-electron chi connectivity index (χ0n) is 27.6. The minimum atomic E-state index is 1.05. The van der Waals surface area contributed by atoms with Crippen molar-refractivity contribution in [3.63, 3.8) is 0 Å². The molecule has 2 heteroatoms. The van der Waals surface area contributed by atoms with E-state index in [1.165, 1.54) is 76.3 Å². The average Bonchev–Trinajstić information content (AvgIpc) is 3.53. The molecule has 9 aromatic rings. The molecule has 0 unspecified atom stereocenters. The van der Waals surface area contributed by atoms with Crippen LogP contribution >= 0.6 is 0 Å². The Kier molecular flexibility index (Phi) is 6.67. The van der Waals surface area contributed by atoms with Crippen LogP contribution in [-0.2, 0) is 0 Å². The van der Waals surface area contributed by atoms with E-state index < -0.39 is 0 Å². The number of hydrogen-bond acceptors (Lipinski definition) is 1. The van der Waals surface area contributed by atoms with Gasteiger partial charge in [0.15, 0.2) is 0 Å². The highest BCUT2D eigenvalue weighted by Gasteiger charge is 2.20. The molecular weight excluding hydrogens is 605 g/mol. The highest BCUT2D eigenvalue weighted by molar-refractivity contribution is 6.20. The van der Waals surface area contributed by atoms with Crippen molar-refractivity contribution >= 4 is 72.4 Å². The quantitative estimate of drug-likeness (QED) is 0.170. The van der Waals surface area contributed by atoms with Gasteiger partial charge in [0.25, 0.3) is 0 Å². The number of para-hydroxylation sites is 2. The summed E-state index contributed by atoms with van der Waals surface area (Å²) in [6, 6.07) is 62.0. The number of aromatic nitrogens is 1. The normalized spacial score (nSPS) is 12.6. The van der Waals surface area contributed by atoms with Gasteiger partial charge in [-0.25, -0.2) is 0 Å². The summed E-state index contributed by atoms with van der Waals surface area (Å²) in [5.74, 6) is 0. The van der Waals surface area contributed by atoms with E-state index >= 15 is 0 Å². The second-order valence-electron chi connectivity index (χ2n) is 13.2. The summed E-state index contributed by atoms with van der Waals surface area (Å²) < 4.78 is 2.43. The minimum Gasteiger partial charge on any atom is -0.310 e. The van der Waals surface area contributed by atoms with Crippen molar-refractivity contribution in [2.24, 2.45) is 0 Å².